The number of nitrogens with one attached hydrogen (secondary N) is 1. The van der Waals surface area contributed by atoms with Crippen molar-refractivity contribution in [2.24, 2.45) is 10.9 Å². The third-order valence-corrected chi connectivity index (χ3v) is 5.62. The van der Waals surface area contributed by atoms with Crippen LogP contribution >= 0.6 is 11.3 Å². The van der Waals surface area contributed by atoms with Gasteiger partial charge in [-0.3, -0.25) is 0 Å². The molecule has 0 amide bonds. The first-order valence-electron chi connectivity index (χ1n) is 9.24. The number of aryl methyl sites for hydroxylation is 1. The van der Waals surface area contributed by atoms with E-state index in [0.29, 0.717) is 18.2 Å². The average molecular weight is 390 g/mol. The lowest BCUT2D eigenvalue weighted by atomic mass is 10.1. The lowest BCUT2D eigenvalue weighted by Crippen LogP contribution is -2.36. The molecule has 0 atom stereocenters. The minimum absolute atomic E-state index is 0.545. The number of ether oxygens (including phenoxy) is 2. The van der Waals surface area contributed by atoms with Crippen LogP contribution in [0.1, 0.15) is 22.4 Å². The minimum Gasteiger partial charge on any atom is -0.476 e. The molecule has 146 valence electrons. The highest BCUT2D eigenvalue weighted by atomic mass is 32.1. The first-order valence-corrected chi connectivity index (χ1v) is 10.1. The van der Waals surface area contributed by atoms with Gasteiger partial charge in [-0.2, -0.15) is 5.10 Å². The van der Waals surface area contributed by atoms with Gasteiger partial charge >= 0.3 is 0 Å². The SMILES string of the molecule is CCc1ccc(C(=NN)c2cc(N3CCOCC3)cc(OCCNC)n2)s1. The van der Waals surface area contributed by atoms with Crippen molar-refractivity contribution in [1.82, 2.24) is 10.3 Å². The van der Waals surface area contributed by atoms with E-state index in [9.17, 15) is 0 Å². The highest BCUT2D eigenvalue weighted by Crippen LogP contribution is 2.26. The molecule has 8 heteroatoms. The van der Waals surface area contributed by atoms with Gasteiger partial charge in [0.2, 0.25) is 5.88 Å². The van der Waals surface area contributed by atoms with Gasteiger partial charge in [0.05, 0.1) is 23.8 Å². The second-order valence-electron chi connectivity index (χ2n) is 6.20. The van der Waals surface area contributed by atoms with Crippen molar-refractivity contribution < 1.29 is 9.47 Å². The van der Waals surface area contributed by atoms with Crippen molar-refractivity contribution in [3.05, 3.63) is 39.7 Å². The maximum Gasteiger partial charge on any atom is 0.215 e. The third kappa shape index (κ3) is 4.97. The van der Waals surface area contributed by atoms with E-state index in [-0.39, 0.29) is 0 Å². The van der Waals surface area contributed by atoms with Gasteiger partial charge in [0.15, 0.2) is 0 Å². The van der Waals surface area contributed by atoms with Gasteiger partial charge in [-0.05, 0) is 31.7 Å². The van der Waals surface area contributed by atoms with Gasteiger partial charge in [-0.25, -0.2) is 4.98 Å². The molecule has 1 fully saturated rings. The highest BCUT2D eigenvalue weighted by molar-refractivity contribution is 7.14. The molecule has 0 radical (unpaired) electrons. The molecule has 0 bridgehead atoms. The number of rotatable bonds is 8. The van der Waals surface area contributed by atoms with Gasteiger partial charge in [0, 0.05) is 36.3 Å². The Morgan fingerprint density at radius 3 is 2.85 bits per heavy atom. The van der Waals surface area contributed by atoms with Crippen LogP contribution in [-0.4, -0.2) is 57.2 Å². The van der Waals surface area contributed by atoms with Crippen molar-refractivity contribution >= 4 is 22.7 Å². The molecule has 1 aliphatic heterocycles. The Morgan fingerprint density at radius 1 is 1.37 bits per heavy atom. The molecule has 0 aromatic carbocycles. The van der Waals surface area contributed by atoms with Crippen LogP contribution in [0.2, 0.25) is 0 Å². The molecule has 0 unspecified atom stereocenters. The van der Waals surface area contributed by atoms with Gasteiger partial charge in [0.25, 0.3) is 0 Å². The highest BCUT2D eigenvalue weighted by Gasteiger charge is 2.18. The zero-order valence-corrected chi connectivity index (χ0v) is 16.7. The summed E-state index contributed by atoms with van der Waals surface area (Å²) in [5.41, 5.74) is 2.47. The maximum absolute atomic E-state index is 5.85. The number of aromatic nitrogens is 1. The molecule has 2 aromatic heterocycles. The Bertz CT molecular complexity index is 771. The Labute approximate surface area is 164 Å². The Kier molecular flexibility index (Phi) is 7.03. The second-order valence-corrected chi connectivity index (χ2v) is 7.37. The summed E-state index contributed by atoms with van der Waals surface area (Å²) in [6.45, 7) is 6.55. The molecule has 27 heavy (non-hydrogen) atoms. The van der Waals surface area contributed by atoms with Gasteiger partial charge in [-0.15, -0.1) is 11.3 Å². The zero-order valence-electron chi connectivity index (χ0n) is 15.9. The fourth-order valence-corrected chi connectivity index (χ4v) is 3.85. The van der Waals surface area contributed by atoms with E-state index in [1.807, 2.05) is 19.2 Å². The van der Waals surface area contributed by atoms with E-state index < -0.39 is 0 Å². The topological polar surface area (TPSA) is 85.0 Å². The summed E-state index contributed by atoms with van der Waals surface area (Å²) in [4.78, 5) is 9.26. The van der Waals surface area contributed by atoms with E-state index >= 15 is 0 Å². The van der Waals surface area contributed by atoms with Crippen LogP contribution in [0.15, 0.2) is 29.4 Å². The number of thiophene rings is 1. The number of pyridine rings is 1. The van der Waals surface area contributed by atoms with Gasteiger partial charge in [0.1, 0.15) is 12.3 Å². The predicted molar refractivity (Wildman–Crippen MR) is 110 cm³/mol. The number of nitrogens with two attached hydrogens (primary N) is 1. The molecule has 2 aromatic rings. The monoisotopic (exact) mass is 389 g/mol. The fourth-order valence-electron chi connectivity index (χ4n) is 2.90. The molecule has 0 spiro atoms. The molecule has 3 rings (SSSR count). The van der Waals surface area contributed by atoms with Crippen molar-refractivity contribution in [2.45, 2.75) is 13.3 Å². The summed E-state index contributed by atoms with van der Waals surface area (Å²) < 4.78 is 11.3. The molecule has 1 saturated heterocycles. The van der Waals surface area contributed by atoms with E-state index in [1.165, 1.54) is 4.88 Å². The quantitative estimate of drug-likeness (QED) is 0.310. The number of nitrogens with zero attached hydrogens (tertiary/aromatic N) is 3. The number of likely N-dealkylation sites (N-methyl/N-ethyl adjacent to an activating group) is 1. The third-order valence-electron chi connectivity index (χ3n) is 4.38. The average Bonchev–Trinajstić information content (AvgIpc) is 3.18. The van der Waals surface area contributed by atoms with Gasteiger partial charge < -0.3 is 25.5 Å². The number of hydrogen-bond acceptors (Lipinski definition) is 8. The van der Waals surface area contributed by atoms with Crippen molar-refractivity contribution in [1.29, 1.82) is 0 Å². The van der Waals surface area contributed by atoms with Crippen LogP contribution in [0.4, 0.5) is 5.69 Å². The van der Waals surface area contributed by atoms with E-state index in [2.05, 4.69) is 39.4 Å². The number of hydrazone groups is 1. The zero-order chi connectivity index (χ0) is 19.1. The Balaban J connectivity index is 1.94. The summed E-state index contributed by atoms with van der Waals surface area (Å²) in [7, 11) is 1.90. The summed E-state index contributed by atoms with van der Waals surface area (Å²) in [6, 6.07) is 8.18. The maximum atomic E-state index is 5.85. The van der Waals surface area contributed by atoms with Crippen LogP contribution in [0, 0.1) is 0 Å². The largest absolute Gasteiger partial charge is 0.476 e. The first kappa shape index (κ1) is 19.6. The van der Waals surface area contributed by atoms with Crippen LogP contribution in [0.5, 0.6) is 5.88 Å². The fraction of sp³-hybridized carbons (Fsp3) is 0.474. The molecule has 0 saturated carbocycles. The molecular weight excluding hydrogens is 362 g/mol. The summed E-state index contributed by atoms with van der Waals surface area (Å²) in [6.07, 6.45) is 0.988. The van der Waals surface area contributed by atoms with Crippen molar-refractivity contribution in [2.75, 3.05) is 51.4 Å². The van der Waals surface area contributed by atoms with E-state index in [0.717, 1.165) is 55.5 Å². The van der Waals surface area contributed by atoms with Crippen molar-refractivity contribution in [3.8, 4) is 5.88 Å². The first-order chi connectivity index (χ1) is 13.2. The normalized spacial score (nSPS) is 15.2. The lowest BCUT2D eigenvalue weighted by Gasteiger charge is -2.29. The summed E-state index contributed by atoms with van der Waals surface area (Å²) in [5.74, 6) is 6.34. The molecule has 1 aliphatic rings. The molecular formula is C19H27N5O2S. The molecule has 3 N–H and O–H groups in total. The predicted octanol–water partition coefficient (Wildman–Crippen LogP) is 1.85. The summed E-state index contributed by atoms with van der Waals surface area (Å²) >= 11 is 1.69. The van der Waals surface area contributed by atoms with Crippen LogP contribution in [0.3, 0.4) is 0 Å². The van der Waals surface area contributed by atoms with Gasteiger partial charge in [-0.1, -0.05) is 6.92 Å². The van der Waals surface area contributed by atoms with Crippen molar-refractivity contribution in [3.63, 3.8) is 0 Å². The van der Waals surface area contributed by atoms with Crippen LogP contribution in [0.25, 0.3) is 0 Å². The van der Waals surface area contributed by atoms with E-state index in [4.69, 9.17) is 15.3 Å². The van der Waals surface area contributed by atoms with E-state index in [1.54, 1.807) is 11.3 Å². The van der Waals surface area contributed by atoms with Crippen LogP contribution < -0.4 is 20.8 Å². The molecule has 7 nitrogen and oxygen atoms in total. The molecule has 3 heterocycles. The number of morpholine rings is 1. The Hall–Kier alpha value is -2.16. The lowest BCUT2D eigenvalue weighted by molar-refractivity contribution is 0.122. The number of hydrogen-bond donors (Lipinski definition) is 2. The standard InChI is InChI=1S/C19H27N5O2S/c1-3-15-4-5-17(27-15)19(23-20)16-12-14(24-7-10-25-11-8-24)13-18(22-16)26-9-6-21-2/h4-5,12-13,21H,3,6-11,20H2,1-2H3. The minimum atomic E-state index is 0.545. The number of anilines is 1. The Morgan fingerprint density at radius 2 is 2.19 bits per heavy atom. The van der Waals surface area contributed by atoms with Crippen LogP contribution in [-0.2, 0) is 11.2 Å². The second kappa shape index (κ2) is 9.68. The smallest absolute Gasteiger partial charge is 0.215 e. The molecule has 0 aliphatic carbocycles. The summed E-state index contributed by atoms with van der Waals surface area (Å²) in [5, 5.41) is 7.13.